The number of unbranched alkanes of at least 4 members (excludes halogenated alkanes) is 11. The van der Waals surface area contributed by atoms with Crippen LogP contribution in [-0.4, -0.2) is 19.4 Å². The average molecular weight is 629 g/mol. The maximum absolute atomic E-state index is 8.96. The minimum atomic E-state index is 0.681. The summed E-state index contributed by atoms with van der Waals surface area (Å²) in [6.07, 6.45) is 19.4. The van der Waals surface area contributed by atoms with Crippen LogP contribution in [0.25, 0.3) is 11.1 Å². The fourth-order valence-corrected chi connectivity index (χ4v) is 5.61. The topological polar surface area (TPSA) is 54.6 Å². The molecule has 4 rings (SSSR count). The number of hydrogen-bond donors (Lipinski definition) is 0. The maximum atomic E-state index is 8.96. The number of aryl methyl sites for hydroxylation is 1. The first-order chi connectivity index (χ1) is 23.2. The van der Waals surface area contributed by atoms with Crippen molar-refractivity contribution < 1.29 is 9.47 Å². The number of nitriles is 1. The van der Waals surface area contributed by atoms with Crippen LogP contribution in [0.2, 0.25) is 0 Å². The Morgan fingerprint density at radius 2 is 1.04 bits per heavy atom. The molecule has 4 aromatic carbocycles. The summed E-state index contributed by atoms with van der Waals surface area (Å²) >= 11 is 0. The smallest absolute Gasteiger partial charge is 0.119 e. The molecule has 0 aliphatic carbocycles. The molecule has 0 aromatic heterocycles. The molecule has 4 heteroatoms. The molecule has 0 saturated heterocycles. The van der Waals surface area contributed by atoms with Gasteiger partial charge in [0.05, 0.1) is 30.5 Å². The van der Waals surface area contributed by atoms with Crippen LogP contribution in [0.4, 0.5) is 5.69 Å². The van der Waals surface area contributed by atoms with Crippen molar-refractivity contribution in [1.29, 1.82) is 5.26 Å². The highest BCUT2D eigenvalue weighted by molar-refractivity contribution is 5.82. The van der Waals surface area contributed by atoms with E-state index in [-0.39, 0.29) is 0 Å². The summed E-state index contributed by atoms with van der Waals surface area (Å²) in [4.78, 5) is 4.64. The zero-order valence-corrected chi connectivity index (χ0v) is 28.3. The summed E-state index contributed by atoms with van der Waals surface area (Å²) in [5.74, 6) is 1.84. The molecular formula is C43H52N2O2. The summed E-state index contributed by atoms with van der Waals surface area (Å²) in [5.41, 5.74) is 6.40. The van der Waals surface area contributed by atoms with E-state index < -0.39 is 0 Å². The van der Waals surface area contributed by atoms with Crippen molar-refractivity contribution in [1.82, 2.24) is 0 Å². The number of nitrogens with zero attached hydrogens (tertiary/aromatic N) is 2. The number of rotatable bonds is 22. The monoisotopic (exact) mass is 628 g/mol. The van der Waals surface area contributed by atoms with E-state index in [0.29, 0.717) is 5.56 Å². The van der Waals surface area contributed by atoms with Gasteiger partial charge in [-0.05, 0) is 109 Å². The fraction of sp³-hybridized carbons (Fsp3) is 0.395. The van der Waals surface area contributed by atoms with Crippen molar-refractivity contribution in [3.8, 4) is 28.7 Å². The Bertz CT molecular complexity index is 1470. The average Bonchev–Trinajstić information content (AvgIpc) is 3.12. The van der Waals surface area contributed by atoms with E-state index in [9.17, 15) is 0 Å². The predicted octanol–water partition coefficient (Wildman–Crippen LogP) is 12.1. The molecule has 0 radical (unpaired) electrons. The zero-order valence-electron chi connectivity index (χ0n) is 28.3. The second-order valence-electron chi connectivity index (χ2n) is 12.4. The third-order valence-electron chi connectivity index (χ3n) is 8.53. The molecule has 0 heterocycles. The Morgan fingerprint density at radius 1 is 0.553 bits per heavy atom. The highest BCUT2D eigenvalue weighted by atomic mass is 16.5. The Labute approximate surface area is 283 Å². The van der Waals surface area contributed by atoms with Crippen LogP contribution in [0.15, 0.2) is 102 Å². The van der Waals surface area contributed by atoms with Crippen molar-refractivity contribution in [2.24, 2.45) is 4.99 Å². The fourth-order valence-electron chi connectivity index (χ4n) is 5.61. The Kier molecular flexibility index (Phi) is 16.2. The van der Waals surface area contributed by atoms with E-state index in [1.807, 2.05) is 54.7 Å². The molecule has 0 atom stereocenters. The van der Waals surface area contributed by atoms with Crippen LogP contribution < -0.4 is 9.47 Å². The van der Waals surface area contributed by atoms with Crippen molar-refractivity contribution >= 4 is 11.9 Å². The van der Waals surface area contributed by atoms with Gasteiger partial charge in [0.1, 0.15) is 11.5 Å². The molecule has 0 saturated carbocycles. The first-order valence-electron chi connectivity index (χ1n) is 17.8. The second-order valence-corrected chi connectivity index (χ2v) is 12.4. The van der Waals surface area contributed by atoms with Crippen LogP contribution in [0, 0.1) is 11.3 Å². The molecule has 0 aliphatic heterocycles. The van der Waals surface area contributed by atoms with Crippen molar-refractivity contribution in [3.05, 3.63) is 114 Å². The molecular weight excluding hydrogens is 576 g/mol. The summed E-state index contributed by atoms with van der Waals surface area (Å²) in [5, 5.41) is 8.96. The first kappa shape index (κ1) is 35.5. The van der Waals surface area contributed by atoms with Gasteiger partial charge >= 0.3 is 0 Å². The summed E-state index contributed by atoms with van der Waals surface area (Å²) in [6.45, 7) is 3.79. The summed E-state index contributed by atoms with van der Waals surface area (Å²) in [6, 6.07) is 34.9. The van der Waals surface area contributed by atoms with Gasteiger partial charge in [-0.15, -0.1) is 0 Å². The van der Waals surface area contributed by atoms with Crippen LogP contribution in [0.1, 0.15) is 107 Å². The van der Waals surface area contributed by atoms with Gasteiger partial charge in [-0.1, -0.05) is 108 Å². The van der Waals surface area contributed by atoms with Crippen LogP contribution >= 0.6 is 0 Å². The molecule has 0 fully saturated rings. The molecule has 0 unspecified atom stereocenters. The number of aliphatic imine (C=N–C) groups is 1. The van der Waals surface area contributed by atoms with Gasteiger partial charge < -0.3 is 9.47 Å². The Hall–Kier alpha value is -4.36. The van der Waals surface area contributed by atoms with Crippen LogP contribution in [-0.2, 0) is 6.42 Å². The zero-order chi connectivity index (χ0) is 32.8. The molecule has 0 N–H and O–H groups in total. The second kappa shape index (κ2) is 21.4. The Morgan fingerprint density at radius 3 is 1.57 bits per heavy atom. The highest BCUT2D eigenvalue weighted by Gasteiger charge is 2.01. The van der Waals surface area contributed by atoms with Crippen molar-refractivity contribution in [2.45, 2.75) is 96.8 Å². The van der Waals surface area contributed by atoms with E-state index in [1.54, 1.807) is 0 Å². The third-order valence-corrected chi connectivity index (χ3v) is 8.53. The molecule has 4 aromatic rings. The van der Waals surface area contributed by atoms with Gasteiger partial charge in [0, 0.05) is 6.21 Å². The van der Waals surface area contributed by atoms with Gasteiger partial charge in [-0.3, -0.25) is 4.99 Å². The van der Waals surface area contributed by atoms with E-state index >= 15 is 0 Å². The molecule has 4 nitrogen and oxygen atoms in total. The van der Waals surface area contributed by atoms with Gasteiger partial charge in [0.15, 0.2) is 0 Å². The van der Waals surface area contributed by atoms with E-state index in [1.165, 1.54) is 76.2 Å². The summed E-state index contributed by atoms with van der Waals surface area (Å²) < 4.78 is 11.9. The molecule has 47 heavy (non-hydrogen) atoms. The Balaban J connectivity index is 0.961. The number of ether oxygens (including phenoxy) is 2. The highest BCUT2D eigenvalue weighted by Crippen LogP contribution is 2.23. The quantitative estimate of drug-likeness (QED) is 0.0642. The minimum absolute atomic E-state index is 0.681. The predicted molar refractivity (Wildman–Crippen MR) is 197 cm³/mol. The van der Waals surface area contributed by atoms with Gasteiger partial charge in [-0.25, -0.2) is 0 Å². The standard InChI is InChI=1S/C43H52N2O2/c1-2-3-4-12-15-36-18-26-41(27-19-36)45-35-38-20-28-42(29-21-38)46-32-13-10-8-6-5-7-9-11-14-33-47-43-30-24-40(25-31-43)39-22-16-37(34-44)17-23-39/h16-31,35H,2-15,32-33H2,1H3. The van der Waals surface area contributed by atoms with Gasteiger partial charge in [-0.2, -0.15) is 5.26 Å². The van der Waals surface area contributed by atoms with E-state index in [2.05, 4.69) is 66.5 Å². The largest absolute Gasteiger partial charge is 0.494 e. The number of benzene rings is 4. The van der Waals surface area contributed by atoms with Gasteiger partial charge in [0.25, 0.3) is 0 Å². The van der Waals surface area contributed by atoms with E-state index in [0.717, 1.165) is 66.4 Å². The number of hydrogen-bond acceptors (Lipinski definition) is 4. The van der Waals surface area contributed by atoms with E-state index in [4.69, 9.17) is 14.7 Å². The molecule has 0 spiro atoms. The first-order valence-corrected chi connectivity index (χ1v) is 17.8. The lowest BCUT2D eigenvalue weighted by Gasteiger charge is -2.08. The van der Waals surface area contributed by atoms with Crippen LogP contribution in [0.3, 0.4) is 0 Å². The minimum Gasteiger partial charge on any atom is -0.494 e. The molecule has 0 aliphatic rings. The molecule has 0 bridgehead atoms. The lowest BCUT2D eigenvalue weighted by Crippen LogP contribution is -1.97. The van der Waals surface area contributed by atoms with Crippen LogP contribution in [0.5, 0.6) is 11.5 Å². The lowest BCUT2D eigenvalue weighted by atomic mass is 10.0. The molecule has 246 valence electrons. The van der Waals surface area contributed by atoms with Crippen molar-refractivity contribution in [2.75, 3.05) is 13.2 Å². The normalized spacial score (nSPS) is 11.1. The maximum Gasteiger partial charge on any atom is 0.119 e. The van der Waals surface area contributed by atoms with Gasteiger partial charge in [0.2, 0.25) is 0 Å². The molecule has 0 amide bonds. The van der Waals surface area contributed by atoms with Crippen molar-refractivity contribution in [3.63, 3.8) is 0 Å². The lowest BCUT2D eigenvalue weighted by molar-refractivity contribution is 0.302. The third kappa shape index (κ3) is 13.9. The SMILES string of the molecule is CCCCCCc1ccc(N=Cc2ccc(OCCCCCCCCCCCOc3ccc(-c4ccc(C#N)cc4)cc3)cc2)cc1. The summed E-state index contributed by atoms with van der Waals surface area (Å²) in [7, 11) is 0.